The van der Waals surface area contributed by atoms with E-state index < -0.39 is 17.2 Å². The molecule has 5 heteroatoms. The molecule has 1 N–H and O–H groups in total. The summed E-state index contributed by atoms with van der Waals surface area (Å²) in [5.41, 5.74) is -0.0976. The average Bonchev–Trinajstić information content (AvgIpc) is 2.33. The van der Waals surface area contributed by atoms with E-state index >= 15 is 0 Å². The molecular weight excluding hydrogens is 370 g/mol. The third kappa shape index (κ3) is 5.40. The van der Waals surface area contributed by atoms with Crippen molar-refractivity contribution in [1.29, 1.82) is 0 Å². The lowest BCUT2D eigenvalue weighted by Crippen LogP contribution is -2.61. The molecule has 1 unspecified atom stereocenters. The lowest BCUT2D eigenvalue weighted by molar-refractivity contribution is -0.0109. The molecule has 24 heavy (non-hydrogen) atoms. The first-order chi connectivity index (χ1) is 10.9. The van der Waals surface area contributed by atoms with Crippen LogP contribution in [0.4, 0.5) is 4.79 Å². The van der Waals surface area contributed by atoms with E-state index in [2.05, 4.69) is 29.8 Å². The Kier molecular flexibility index (Phi) is 6.74. The molecule has 0 saturated heterocycles. The topological polar surface area (TPSA) is 49.8 Å². The van der Waals surface area contributed by atoms with E-state index in [1.54, 1.807) is 0 Å². The highest BCUT2D eigenvalue weighted by molar-refractivity contribution is 9.10. The first-order valence-corrected chi connectivity index (χ1v) is 9.08. The summed E-state index contributed by atoms with van der Waals surface area (Å²) in [6, 6.07) is 5.84. The first-order valence-electron chi connectivity index (χ1n) is 8.29. The molecule has 0 aliphatic rings. The molecule has 0 heterocycles. The van der Waals surface area contributed by atoms with E-state index in [0.29, 0.717) is 12.5 Å². The molecule has 1 aromatic carbocycles. The number of hydrogen-bond donors (Lipinski definition) is 1. The molecule has 0 fully saturated rings. The highest BCUT2D eigenvalue weighted by Gasteiger charge is 2.43. The van der Waals surface area contributed by atoms with Crippen LogP contribution in [-0.2, 0) is 0 Å². The molecule has 0 aliphatic heterocycles. The molecule has 1 aromatic rings. The van der Waals surface area contributed by atoms with Crippen LogP contribution in [0.5, 0.6) is 5.75 Å². The van der Waals surface area contributed by atoms with Crippen LogP contribution in [0.1, 0.15) is 53.5 Å². The third-order valence-electron chi connectivity index (χ3n) is 3.93. The normalized spacial score (nSPS) is 14.4. The Bertz CT molecular complexity index is 580. The van der Waals surface area contributed by atoms with Crippen LogP contribution in [0, 0.1) is 12.8 Å². The number of amides is 1. The second-order valence-electron chi connectivity index (χ2n) is 8.08. The van der Waals surface area contributed by atoms with Crippen LogP contribution in [0.25, 0.3) is 0 Å². The Morgan fingerprint density at radius 1 is 1.29 bits per heavy atom. The molecular formula is C19H30BrNO3. The number of carboxylic acid groups (broad SMARTS) is 1. The van der Waals surface area contributed by atoms with Crippen LogP contribution in [0.15, 0.2) is 22.7 Å². The van der Waals surface area contributed by atoms with Gasteiger partial charge in [0, 0.05) is 10.0 Å². The first kappa shape index (κ1) is 20.8. The Morgan fingerprint density at radius 2 is 1.88 bits per heavy atom. The van der Waals surface area contributed by atoms with Gasteiger partial charge in [-0.15, -0.1) is 0 Å². The highest BCUT2D eigenvalue weighted by Crippen LogP contribution is 2.33. The van der Waals surface area contributed by atoms with Crippen molar-refractivity contribution in [3.05, 3.63) is 28.2 Å². The predicted octanol–water partition coefficient (Wildman–Crippen LogP) is 5.72. The molecule has 0 aliphatic carbocycles. The zero-order chi connectivity index (χ0) is 18.7. The fourth-order valence-electron chi connectivity index (χ4n) is 3.43. The summed E-state index contributed by atoms with van der Waals surface area (Å²) in [4.78, 5) is 13.5. The van der Waals surface area contributed by atoms with Crippen LogP contribution in [0.3, 0.4) is 0 Å². The summed E-state index contributed by atoms with van der Waals surface area (Å²) in [5.74, 6) is 1.14. The number of benzene rings is 1. The maximum Gasteiger partial charge on any atom is 0.408 e. The molecule has 1 rings (SSSR count). The SMILES string of the molecule is Cc1cc(Br)ccc1OCC(C)(CC(C)C)N(C(=O)O)C(C)(C)C. The van der Waals surface area contributed by atoms with Crippen molar-refractivity contribution >= 4 is 22.0 Å². The quantitative estimate of drug-likeness (QED) is 0.665. The molecule has 0 radical (unpaired) electrons. The monoisotopic (exact) mass is 399 g/mol. The zero-order valence-corrected chi connectivity index (χ0v) is 17.4. The van der Waals surface area contributed by atoms with Crippen LogP contribution >= 0.6 is 15.9 Å². The Labute approximate surface area is 154 Å². The number of aryl methyl sites for hydroxylation is 1. The van der Waals surface area contributed by atoms with Gasteiger partial charge < -0.3 is 9.84 Å². The number of carbonyl (C=O) groups is 1. The number of ether oxygens (including phenoxy) is 1. The van der Waals surface area contributed by atoms with E-state index in [4.69, 9.17) is 4.74 Å². The van der Waals surface area contributed by atoms with Gasteiger partial charge in [-0.3, -0.25) is 4.90 Å². The van der Waals surface area contributed by atoms with Gasteiger partial charge in [0.1, 0.15) is 12.4 Å². The summed E-state index contributed by atoms with van der Waals surface area (Å²) in [5, 5.41) is 9.81. The van der Waals surface area contributed by atoms with Gasteiger partial charge in [-0.2, -0.15) is 0 Å². The summed E-state index contributed by atoms with van der Waals surface area (Å²) < 4.78 is 7.06. The van der Waals surface area contributed by atoms with Gasteiger partial charge >= 0.3 is 6.09 Å². The predicted molar refractivity (Wildman–Crippen MR) is 102 cm³/mol. The maximum absolute atomic E-state index is 12.0. The summed E-state index contributed by atoms with van der Waals surface area (Å²) in [7, 11) is 0. The third-order valence-corrected chi connectivity index (χ3v) is 4.42. The van der Waals surface area contributed by atoms with Gasteiger partial charge in [0.15, 0.2) is 0 Å². The maximum atomic E-state index is 12.0. The minimum atomic E-state index is -0.915. The second kappa shape index (κ2) is 7.77. The number of rotatable bonds is 6. The van der Waals surface area contributed by atoms with Gasteiger partial charge in [0.05, 0.1) is 5.54 Å². The van der Waals surface area contributed by atoms with Gasteiger partial charge in [0.2, 0.25) is 0 Å². The molecule has 0 aromatic heterocycles. The van der Waals surface area contributed by atoms with E-state index in [0.717, 1.165) is 22.2 Å². The van der Waals surface area contributed by atoms with Crippen LogP contribution in [0.2, 0.25) is 0 Å². The molecule has 0 bridgehead atoms. The Balaban J connectivity index is 3.13. The van der Waals surface area contributed by atoms with Crippen LogP contribution in [-0.4, -0.2) is 33.8 Å². The van der Waals surface area contributed by atoms with Crippen LogP contribution < -0.4 is 4.74 Å². The van der Waals surface area contributed by atoms with Gasteiger partial charge in [-0.25, -0.2) is 4.79 Å². The fraction of sp³-hybridized carbons (Fsp3) is 0.632. The molecule has 0 spiro atoms. The highest BCUT2D eigenvalue weighted by atomic mass is 79.9. The number of halogens is 1. The van der Waals surface area contributed by atoms with E-state index in [1.807, 2.05) is 52.8 Å². The molecule has 1 amide bonds. The van der Waals surface area contributed by atoms with E-state index in [1.165, 1.54) is 4.90 Å². The van der Waals surface area contributed by atoms with E-state index in [-0.39, 0.29) is 0 Å². The summed E-state index contributed by atoms with van der Waals surface area (Å²) in [6.45, 7) is 14.2. The number of nitrogens with zero attached hydrogens (tertiary/aromatic N) is 1. The van der Waals surface area contributed by atoms with Crippen molar-refractivity contribution in [2.24, 2.45) is 5.92 Å². The van der Waals surface area contributed by atoms with Crippen molar-refractivity contribution in [2.45, 2.75) is 66.0 Å². The molecule has 136 valence electrons. The van der Waals surface area contributed by atoms with Crippen molar-refractivity contribution in [3.8, 4) is 5.75 Å². The largest absolute Gasteiger partial charge is 0.491 e. The molecule has 4 nitrogen and oxygen atoms in total. The molecule has 0 saturated carbocycles. The van der Waals surface area contributed by atoms with Crippen molar-refractivity contribution < 1.29 is 14.6 Å². The van der Waals surface area contributed by atoms with E-state index in [9.17, 15) is 9.90 Å². The van der Waals surface area contributed by atoms with Crippen molar-refractivity contribution in [2.75, 3.05) is 6.61 Å². The lowest BCUT2D eigenvalue weighted by atomic mass is 9.86. The van der Waals surface area contributed by atoms with Gasteiger partial charge in [-0.05, 0) is 70.7 Å². The summed E-state index contributed by atoms with van der Waals surface area (Å²) in [6.07, 6.45) is -0.187. The zero-order valence-electron chi connectivity index (χ0n) is 15.8. The van der Waals surface area contributed by atoms with Gasteiger partial charge in [-0.1, -0.05) is 29.8 Å². The minimum absolute atomic E-state index is 0.317. The standard InChI is InChI=1S/C19H30BrNO3/c1-13(2)11-19(7,21(17(22)23)18(4,5)6)12-24-16-9-8-15(20)10-14(16)3/h8-10,13H,11-12H2,1-7H3,(H,22,23). The minimum Gasteiger partial charge on any atom is -0.491 e. The van der Waals surface area contributed by atoms with Crippen molar-refractivity contribution in [3.63, 3.8) is 0 Å². The smallest absolute Gasteiger partial charge is 0.408 e. The Hall–Kier alpha value is -1.23. The van der Waals surface area contributed by atoms with Crippen molar-refractivity contribution in [1.82, 2.24) is 4.90 Å². The average molecular weight is 400 g/mol. The molecule has 1 atom stereocenters. The number of hydrogen-bond acceptors (Lipinski definition) is 2. The second-order valence-corrected chi connectivity index (χ2v) is 9.00. The summed E-state index contributed by atoms with van der Waals surface area (Å²) >= 11 is 3.45. The lowest BCUT2D eigenvalue weighted by Gasteiger charge is -2.47. The van der Waals surface area contributed by atoms with Gasteiger partial charge in [0.25, 0.3) is 0 Å². The Morgan fingerprint density at radius 3 is 2.29 bits per heavy atom. The fourth-order valence-corrected chi connectivity index (χ4v) is 3.91.